The second kappa shape index (κ2) is 5.21. The maximum atomic E-state index is 12.6. The van der Waals surface area contributed by atoms with Crippen LogP contribution in [0.5, 0.6) is 5.75 Å². The summed E-state index contributed by atoms with van der Waals surface area (Å²) in [5.74, 6) is -0.0772. The second-order valence-corrected chi connectivity index (χ2v) is 5.18. The lowest BCUT2D eigenvalue weighted by Gasteiger charge is -2.26. The number of hydrogen-bond acceptors (Lipinski definition) is 2. The maximum Gasteiger partial charge on any atom is 0.416 e. The molecule has 0 radical (unpaired) electrons. The molecule has 2 aromatic rings. The van der Waals surface area contributed by atoms with Crippen molar-refractivity contribution in [3.05, 3.63) is 58.6 Å². The molecule has 1 atom stereocenters. The first-order chi connectivity index (χ1) is 10.3. The van der Waals surface area contributed by atoms with E-state index in [-0.39, 0.29) is 0 Å². The molecule has 0 aromatic heterocycles. The van der Waals surface area contributed by atoms with Crippen molar-refractivity contribution in [2.75, 3.05) is 5.32 Å². The van der Waals surface area contributed by atoms with Crippen molar-refractivity contribution in [1.29, 1.82) is 0 Å². The van der Waals surface area contributed by atoms with Crippen LogP contribution in [0.2, 0.25) is 5.02 Å². The van der Waals surface area contributed by atoms with Gasteiger partial charge < -0.3 is 10.1 Å². The highest BCUT2D eigenvalue weighted by molar-refractivity contribution is 6.30. The Morgan fingerprint density at radius 1 is 1.09 bits per heavy atom. The van der Waals surface area contributed by atoms with E-state index in [0.29, 0.717) is 22.0 Å². The monoisotopic (exact) mass is 327 g/mol. The van der Waals surface area contributed by atoms with Crippen molar-refractivity contribution < 1.29 is 22.7 Å². The minimum Gasteiger partial charge on any atom is -0.474 e. The summed E-state index contributed by atoms with van der Waals surface area (Å²) in [5, 5.41) is 3.07. The van der Waals surface area contributed by atoms with Crippen molar-refractivity contribution in [2.24, 2.45) is 0 Å². The predicted molar refractivity (Wildman–Crippen MR) is 74.9 cm³/mol. The zero-order valence-corrected chi connectivity index (χ0v) is 11.7. The normalized spacial score (nSPS) is 17.5. The third kappa shape index (κ3) is 2.74. The van der Waals surface area contributed by atoms with Crippen LogP contribution >= 0.6 is 11.6 Å². The molecule has 1 N–H and O–H groups in total. The largest absolute Gasteiger partial charge is 0.474 e. The fraction of sp³-hybridized carbons (Fsp3) is 0.133. The highest BCUT2D eigenvalue weighted by atomic mass is 35.5. The van der Waals surface area contributed by atoms with Gasteiger partial charge in [-0.2, -0.15) is 13.2 Å². The van der Waals surface area contributed by atoms with Gasteiger partial charge >= 0.3 is 6.18 Å². The third-order valence-corrected chi connectivity index (χ3v) is 3.46. The van der Waals surface area contributed by atoms with Crippen LogP contribution in [0.3, 0.4) is 0 Å². The van der Waals surface area contributed by atoms with E-state index in [9.17, 15) is 18.0 Å². The lowest BCUT2D eigenvalue weighted by Crippen LogP contribution is -2.30. The number of alkyl halides is 3. The zero-order valence-electron chi connectivity index (χ0n) is 10.9. The number of carbonyl (C=O) groups is 1. The van der Waals surface area contributed by atoms with Crippen molar-refractivity contribution in [1.82, 2.24) is 0 Å². The van der Waals surface area contributed by atoms with Gasteiger partial charge in [-0.05, 0) is 24.3 Å². The molecular formula is C15H9ClF3NO2. The Morgan fingerprint density at radius 2 is 1.77 bits per heavy atom. The topological polar surface area (TPSA) is 38.3 Å². The Balaban J connectivity index is 1.91. The first-order valence-corrected chi connectivity index (χ1v) is 6.66. The number of anilines is 1. The number of benzene rings is 2. The number of carbonyl (C=O) groups excluding carboxylic acids is 1. The Kier molecular flexibility index (Phi) is 3.48. The van der Waals surface area contributed by atoms with Crippen LogP contribution in [-0.2, 0) is 11.0 Å². The van der Waals surface area contributed by atoms with Crippen LogP contribution in [0.15, 0.2) is 42.5 Å². The van der Waals surface area contributed by atoms with Gasteiger partial charge in [0.05, 0.1) is 11.3 Å². The van der Waals surface area contributed by atoms with Crippen LogP contribution in [0, 0.1) is 0 Å². The number of fused-ring (bicyclic) bond motifs is 1. The molecule has 22 heavy (non-hydrogen) atoms. The molecule has 2 aromatic carbocycles. The Bertz CT molecular complexity index is 729. The van der Waals surface area contributed by atoms with E-state index in [1.807, 2.05) is 0 Å². The molecule has 0 saturated carbocycles. The van der Waals surface area contributed by atoms with Gasteiger partial charge in [0.15, 0.2) is 0 Å². The molecular weight excluding hydrogens is 319 g/mol. The maximum absolute atomic E-state index is 12.6. The molecule has 0 bridgehead atoms. The molecule has 1 heterocycles. The summed E-state index contributed by atoms with van der Waals surface area (Å²) in [6, 6.07) is 9.01. The number of amides is 1. The van der Waals surface area contributed by atoms with E-state index in [1.54, 1.807) is 12.1 Å². The second-order valence-electron chi connectivity index (χ2n) is 4.75. The summed E-state index contributed by atoms with van der Waals surface area (Å²) in [7, 11) is 0. The zero-order chi connectivity index (χ0) is 15.9. The first-order valence-electron chi connectivity index (χ1n) is 6.29. The van der Waals surface area contributed by atoms with Crippen molar-refractivity contribution >= 4 is 23.2 Å². The van der Waals surface area contributed by atoms with Crippen LogP contribution in [0.25, 0.3) is 0 Å². The van der Waals surface area contributed by atoms with E-state index in [1.165, 1.54) is 18.2 Å². The van der Waals surface area contributed by atoms with Gasteiger partial charge in [-0.3, -0.25) is 4.79 Å². The lowest BCUT2D eigenvalue weighted by atomic mass is 10.0. The first kappa shape index (κ1) is 14.7. The van der Waals surface area contributed by atoms with Crippen LogP contribution in [0.4, 0.5) is 18.9 Å². The SMILES string of the molecule is O=C1Nc2ccc(Cl)cc2O[C@H]1c1ccc(C(F)(F)F)cc1. The van der Waals surface area contributed by atoms with E-state index < -0.39 is 23.8 Å². The minimum absolute atomic E-state index is 0.330. The molecule has 1 aliphatic heterocycles. The molecule has 1 amide bonds. The summed E-state index contributed by atoms with van der Waals surface area (Å²) >= 11 is 5.86. The highest BCUT2D eigenvalue weighted by Gasteiger charge is 2.32. The lowest BCUT2D eigenvalue weighted by molar-refractivity contribution is -0.137. The predicted octanol–water partition coefficient (Wildman–Crippen LogP) is 4.43. The fourth-order valence-electron chi connectivity index (χ4n) is 2.14. The molecule has 3 rings (SSSR count). The Hall–Kier alpha value is -2.21. The standard InChI is InChI=1S/C15H9ClF3NO2/c16-10-5-6-11-12(7-10)22-13(14(21)20-11)8-1-3-9(4-2-8)15(17,18)19/h1-7,13H,(H,20,21)/t13-/m0/s1. The molecule has 0 aliphatic carbocycles. The summed E-state index contributed by atoms with van der Waals surface area (Å²) in [6.07, 6.45) is -5.44. The molecule has 0 fully saturated rings. The van der Waals surface area contributed by atoms with Gasteiger partial charge in [0.2, 0.25) is 6.10 Å². The van der Waals surface area contributed by atoms with Crippen molar-refractivity contribution in [3.63, 3.8) is 0 Å². The quantitative estimate of drug-likeness (QED) is 0.841. The van der Waals surface area contributed by atoms with E-state index >= 15 is 0 Å². The molecule has 1 aliphatic rings. The number of ether oxygens (including phenoxy) is 1. The Labute approximate surface area is 128 Å². The van der Waals surface area contributed by atoms with E-state index in [4.69, 9.17) is 16.3 Å². The van der Waals surface area contributed by atoms with Crippen LogP contribution in [-0.4, -0.2) is 5.91 Å². The smallest absolute Gasteiger partial charge is 0.416 e. The van der Waals surface area contributed by atoms with Gasteiger partial charge in [-0.1, -0.05) is 23.7 Å². The van der Waals surface area contributed by atoms with Crippen LogP contribution in [0.1, 0.15) is 17.2 Å². The van der Waals surface area contributed by atoms with Gasteiger partial charge in [0.25, 0.3) is 5.91 Å². The summed E-state index contributed by atoms with van der Waals surface area (Å²) in [6.45, 7) is 0. The van der Waals surface area contributed by atoms with Crippen molar-refractivity contribution in [3.8, 4) is 5.75 Å². The van der Waals surface area contributed by atoms with Crippen molar-refractivity contribution in [2.45, 2.75) is 12.3 Å². The molecule has 114 valence electrons. The van der Waals surface area contributed by atoms with Gasteiger partial charge in [0.1, 0.15) is 5.75 Å². The minimum atomic E-state index is -4.42. The van der Waals surface area contributed by atoms with E-state index in [2.05, 4.69) is 5.32 Å². The molecule has 0 unspecified atom stereocenters. The summed E-state index contributed by atoms with van der Waals surface area (Å²) in [5.41, 5.74) is 0.0181. The van der Waals surface area contributed by atoms with Crippen LogP contribution < -0.4 is 10.1 Å². The van der Waals surface area contributed by atoms with Gasteiger partial charge in [0, 0.05) is 16.7 Å². The highest BCUT2D eigenvalue weighted by Crippen LogP contribution is 2.37. The van der Waals surface area contributed by atoms with Gasteiger partial charge in [-0.15, -0.1) is 0 Å². The summed E-state index contributed by atoms with van der Waals surface area (Å²) in [4.78, 5) is 12.0. The number of rotatable bonds is 1. The summed E-state index contributed by atoms with van der Waals surface area (Å²) < 4.78 is 43.2. The van der Waals surface area contributed by atoms with Gasteiger partial charge in [-0.25, -0.2) is 0 Å². The number of nitrogens with one attached hydrogen (secondary N) is 1. The number of halogens is 4. The molecule has 0 spiro atoms. The fourth-order valence-corrected chi connectivity index (χ4v) is 2.30. The average Bonchev–Trinajstić information content (AvgIpc) is 2.46. The Morgan fingerprint density at radius 3 is 2.41 bits per heavy atom. The average molecular weight is 328 g/mol. The third-order valence-electron chi connectivity index (χ3n) is 3.23. The molecule has 7 heteroatoms. The molecule has 3 nitrogen and oxygen atoms in total. The molecule has 0 saturated heterocycles. The van der Waals surface area contributed by atoms with E-state index in [0.717, 1.165) is 12.1 Å². The number of hydrogen-bond donors (Lipinski definition) is 1.